The van der Waals surface area contributed by atoms with Crippen molar-refractivity contribution in [1.29, 1.82) is 0 Å². The first-order valence-corrected chi connectivity index (χ1v) is 10.9. The molecule has 0 amide bonds. The summed E-state index contributed by atoms with van der Waals surface area (Å²) in [6.45, 7) is 8.68. The first-order chi connectivity index (χ1) is 14.0. The molecular formula is C25H36O4. The van der Waals surface area contributed by atoms with E-state index >= 15 is 0 Å². The van der Waals surface area contributed by atoms with Crippen LogP contribution in [0.25, 0.3) is 0 Å². The first kappa shape index (κ1) is 24.8. The molecule has 1 atom stereocenters. The van der Waals surface area contributed by atoms with Crippen LogP contribution in [-0.4, -0.2) is 24.6 Å². The van der Waals surface area contributed by atoms with Gasteiger partial charge < -0.3 is 9.47 Å². The number of carbonyl (C=O) groups is 2. The maximum absolute atomic E-state index is 12.5. The maximum Gasteiger partial charge on any atom is 0.339 e. The third kappa shape index (κ3) is 10.7. The van der Waals surface area contributed by atoms with Gasteiger partial charge in [-0.1, -0.05) is 77.7 Å². The Hall–Kier alpha value is -2.28. The minimum atomic E-state index is -0.466. The van der Waals surface area contributed by atoms with Gasteiger partial charge in [0.1, 0.15) is 0 Å². The number of benzene rings is 1. The Morgan fingerprint density at radius 3 is 2.28 bits per heavy atom. The van der Waals surface area contributed by atoms with Crippen molar-refractivity contribution in [2.24, 2.45) is 5.92 Å². The zero-order chi connectivity index (χ0) is 21.5. The van der Waals surface area contributed by atoms with Crippen LogP contribution in [0.1, 0.15) is 99.8 Å². The van der Waals surface area contributed by atoms with Crippen molar-refractivity contribution in [3.8, 4) is 11.8 Å². The summed E-state index contributed by atoms with van der Waals surface area (Å²) in [5.74, 6) is 5.48. The van der Waals surface area contributed by atoms with E-state index in [2.05, 4.69) is 32.6 Å². The lowest BCUT2D eigenvalue weighted by molar-refractivity contribution is 0.0377. The Kier molecular flexibility index (Phi) is 12.5. The SMILES string of the molecule is CCC#CC(CC(C)C)OC(=O)c1cccc(C(=O)OCCCCCCCC)c1. The summed E-state index contributed by atoms with van der Waals surface area (Å²) in [5.41, 5.74) is 0.705. The van der Waals surface area contributed by atoms with Crippen molar-refractivity contribution < 1.29 is 19.1 Å². The van der Waals surface area contributed by atoms with Crippen molar-refractivity contribution in [3.63, 3.8) is 0 Å². The molecule has 0 aliphatic carbocycles. The third-order valence-electron chi connectivity index (χ3n) is 4.44. The Labute approximate surface area is 176 Å². The van der Waals surface area contributed by atoms with E-state index in [4.69, 9.17) is 9.47 Å². The highest BCUT2D eigenvalue weighted by molar-refractivity contribution is 5.95. The summed E-state index contributed by atoms with van der Waals surface area (Å²) in [7, 11) is 0. The molecular weight excluding hydrogens is 364 g/mol. The maximum atomic E-state index is 12.5. The monoisotopic (exact) mass is 400 g/mol. The molecule has 4 heteroatoms. The van der Waals surface area contributed by atoms with Crippen LogP contribution in [0, 0.1) is 17.8 Å². The second-order valence-corrected chi connectivity index (χ2v) is 7.68. The lowest BCUT2D eigenvalue weighted by Gasteiger charge is -2.15. The standard InChI is InChI=1S/C25H36O4/c1-5-7-9-10-11-12-17-28-24(26)21-14-13-15-22(19-21)25(27)29-23(16-8-6-2)18-20(3)4/h13-15,19-20,23H,5-7,9-12,17-18H2,1-4H3. The van der Waals surface area contributed by atoms with E-state index in [-0.39, 0.29) is 0 Å². The molecule has 0 radical (unpaired) electrons. The average molecular weight is 401 g/mol. The second kappa shape index (κ2) is 14.7. The molecule has 0 saturated heterocycles. The van der Waals surface area contributed by atoms with Gasteiger partial charge in [-0.3, -0.25) is 0 Å². The van der Waals surface area contributed by atoms with E-state index in [1.807, 2.05) is 6.92 Å². The molecule has 0 fully saturated rings. The Balaban J connectivity index is 2.59. The molecule has 0 aromatic heterocycles. The van der Waals surface area contributed by atoms with E-state index in [9.17, 15) is 9.59 Å². The average Bonchev–Trinajstić information content (AvgIpc) is 2.70. The van der Waals surface area contributed by atoms with E-state index in [0.29, 0.717) is 36.5 Å². The lowest BCUT2D eigenvalue weighted by atomic mass is 10.1. The van der Waals surface area contributed by atoms with Gasteiger partial charge in [0.2, 0.25) is 0 Å². The third-order valence-corrected chi connectivity index (χ3v) is 4.44. The van der Waals surface area contributed by atoms with Crippen LogP contribution in [-0.2, 0) is 9.47 Å². The molecule has 0 spiro atoms. The van der Waals surface area contributed by atoms with E-state index in [1.165, 1.54) is 31.7 Å². The molecule has 29 heavy (non-hydrogen) atoms. The molecule has 4 nitrogen and oxygen atoms in total. The molecule has 1 aromatic rings. The van der Waals surface area contributed by atoms with Gasteiger partial charge in [0, 0.05) is 6.42 Å². The highest BCUT2D eigenvalue weighted by atomic mass is 16.5. The number of hydrogen-bond acceptors (Lipinski definition) is 4. The van der Waals surface area contributed by atoms with Gasteiger partial charge in [-0.15, -0.1) is 0 Å². The summed E-state index contributed by atoms with van der Waals surface area (Å²) >= 11 is 0. The quantitative estimate of drug-likeness (QED) is 0.238. The van der Waals surface area contributed by atoms with Crippen LogP contribution in [0.2, 0.25) is 0 Å². The van der Waals surface area contributed by atoms with Gasteiger partial charge >= 0.3 is 11.9 Å². The fraction of sp³-hybridized carbons (Fsp3) is 0.600. The van der Waals surface area contributed by atoms with Crippen LogP contribution >= 0.6 is 0 Å². The van der Waals surface area contributed by atoms with Crippen molar-refractivity contribution in [2.45, 2.75) is 85.2 Å². The fourth-order valence-electron chi connectivity index (χ4n) is 2.88. The lowest BCUT2D eigenvalue weighted by Crippen LogP contribution is -2.19. The van der Waals surface area contributed by atoms with Crippen LogP contribution < -0.4 is 0 Å². The normalized spacial score (nSPS) is 11.5. The molecule has 0 bridgehead atoms. The van der Waals surface area contributed by atoms with E-state index in [0.717, 1.165) is 12.8 Å². The zero-order valence-corrected chi connectivity index (χ0v) is 18.5. The van der Waals surface area contributed by atoms with Gasteiger partial charge in [-0.05, 0) is 37.0 Å². The van der Waals surface area contributed by atoms with Crippen molar-refractivity contribution >= 4 is 11.9 Å². The smallest absolute Gasteiger partial charge is 0.339 e. The number of rotatable bonds is 12. The van der Waals surface area contributed by atoms with Crippen LogP contribution in [0.5, 0.6) is 0 Å². The molecule has 0 N–H and O–H groups in total. The first-order valence-electron chi connectivity index (χ1n) is 10.9. The molecule has 1 aromatic carbocycles. The van der Waals surface area contributed by atoms with Crippen LogP contribution in [0.4, 0.5) is 0 Å². The summed E-state index contributed by atoms with van der Waals surface area (Å²) < 4.78 is 10.9. The van der Waals surface area contributed by atoms with Gasteiger partial charge in [-0.25, -0.2) is 9.59 Å². The minimum Gasteiger partial charge on any atom is -0.462 e. The van der Waals surface area contributed by atoms with Crippen molar-refractivity contribution in [3.05, 3.63) is 35.4 Å². The van der Waals surface area contributed by atoms with E-state index in [1.54, 1.807) is 18.2 Å². The second-order valence-electron chi connectivity index (χ2n) is 7.68. The predicted octanol–water partition coefficient (Wildman–Crippen LogP) is 6.19. The molecule has 160 valence electrons. The molecule has 0 aliphatic rings. The number of esters is 2. The largest absolute Gasteiger partial charge is 0.462 e. The summed E-state index contributed by atoms with van der Waals surface area (Å²) in [5, 5.41) is 0. The molecule has 0 aliphatic heterocycles. The fourth-order valence-corrected chi connectivity index (χ4v) is 2.88. The zero-order valence-electron chi connectivity index (χ0n) is 18.5. The summed E-state index contributed by atoms with van der Waals surface area (Å²) in [6.07, 6.45) is 7.76. The van der Waals surface area contributed by atoms with Gasteiger partial charge in [-0.2, -0.15) is 0 Å². The Morgan fingerprint density at radius 1 is 0.966 bits per heavy atom. The van der Waals surface area contributed by atoms with E-state index < -0.39 is 18.0 Å². The number of unbranched alkanes of at least 4 members (excludes halogenated alkanes) is 5. The number of carbonyl (C=O) groups excluding carboxylic acids is 2. The van der Waals surface area contributed by atoms with Crippen LogP contribution in [0.15, 0.2) is 24.3 Å². The molecule has 1 rings (SSSR count). The number of hydrogen-bond donors (Lipinski definition) is 0. The van der Waals surface area contributed by atoms with Crippen molar-refractivity contribution in [2.75, 3.05) is 6.61 Å². The topological polar surface area (TPSA) is 52.6 Å². The predicted molar refractivity (Wildman–Crippen MR) is 117 cm³/mol. The number of ether oxygens (including phenoxy) is 2. The van der Waals surface area contributed by atoms with Crippen molar-refractivity contribution in [1.82, 2.24) is 0 Å². The summed E-state index contributed by atoms with van der Waals surface area (Å²) in [4.78, 5) is 24.8. The Bertz CT molecular complexity index is 682. The highest BCUT2D eigenvalue weighted by Gasteiger charge is 2.17. The minimum absolute atomic E-state index is 0.339. The van der Waals surface area contributed by atoms with Gasteiger partial charge in [0.25, 0.3) is 0 Å². The molecule has 0 heterocycles. The molecule has 1 unspecified atom stereocenters. The Morgan fingerprint density at radius 2 is 1.62 bits per heavy atom. The molecule has 0 saturated carbocycles. The van der Waals surface area contributed by atoms with Gasteiger partial charge in [0.15, 0.2) is 6.10 Å². The summed E-state index contributed by atoms with van der Waals surface area (Å²) in [6, 6.07) is 6.51. The highest BCUT2D eigenvalue weighted by Crippen LogP contribution is 2.14. The van der Waals surface area contributed by atoms with Gasteiger partial charge in [0.05, 0.1) is 17.7 Å². The van der Waals surface area contributed by atoms with Crippen LogP contribution in [0.3, 0.4) is 0 Å².